The highest BCUT2D eigenvalue weighted by Gasteiger charge is 2.34. The van der Waals surface area contributed by atoms with Gasteiger partial charge in [-0.05, 0) is 29.7 Å². The maximum Gasteiger partial charge on any atom is 0.168 e. The second-order valence-electron chi connectivity index (χ2n) is 6.01. The first kappa shape index (κ1) is 12.4. The normalized spacial score (nSPS) is 18.4. The second kappa shape index (κ2) is 4.80. The number of rotatable bonds is 2. The average Bonchev–Trinajstić information content (AvgIpc) is 2.47. The van der Waals surface area contributed by atoms with E-state index in [1.807, 2.05) is 18.2 Å². The zero-order chi connectivity index (χ0) is 13.3. The molecule has 2 aromatic rings. The molecule has 2 aromatic carbocycles. The van der Waals surface area contributed by atoms with Crippen molar-refractivity contribution in [2.75, 3.05) is 0 Å². The Bertz CT molecular complexity index is 606. The Morgan fingerprint density at radius 2 is 1.63 bits per heavy atom. The first-order chi connectivity index (χ1) is 9.19. The number of ketones is 1. The van der Waals surface area contributed by atoms with E-state index in [0.29, 0.717) is 5.78 Å². The molecule has 0 amide bonds. The van der Waals surface area contributed by atoms with Crippen LogP contribution in [0.2, 0.25) is 0 Å². The summed E-state index contributed by atoms with van der Waals surface area (Å²) in [5.41, 5.74) is 0.740. The zero-order valence-electron chi connectivity index (χ0n) is 11.5. The van der Waals surface area contributed by atoms with Gasteiger partial charge < -0.3 is 0 Å². The van der Waals surface area contributed by atoms with Gasteiger partial charge in [-0.25, -0.2) is 0 Å². The molecule has 19 heavy (non-hydrogen) atoms. The quantitative estimate of drug-likeness (QED) is 0.688. The summed E-state index contributed by atoms with van der Waals surface area (Å²) in [6.45, 7) is 2.14. The number of hydrogen-bond acceptors (Lipinski definition) is 1. The van der Waals surface area contributed by atoms with Crippen molar-refractivity contribution in [2.24, 2.45) is 5.41 Å². The number of carbonyl (C=O) groups is 1. The Morgan fingerprint density at radius 3 is 2.37 bits per heavy atom. The van der Waals surface area contributed by atoms with E-state index in [1.54, 1.807) is 0 Å². The Labute approximate surface area is 114 Å². The SMILES string of the molecule is CC1(C(=O)c2ccc3ccccc3c2)CCCCC1. The Morgan fingerprint density at radius 1 is 0.947 bits per heavy atom. The highest BCUT2D eigenvalue weighted by Crippen LogP contribution is 2.38. The standard InChI is InChI=1S/C18H20O/c1-18(11-5-2-6-12-18)17(19)16-10-9-14-7-3-4-8-15(14)13-16/h3-4,7-10,13H,2,5-6,11-12H2,1H3. The van der Waals surface area contributed by atoms with Crippen molar-refractivity contribution in [3.8, 4) is 0 Å². The van der Waals surface area contributed by atoms with Gasteiger partial charge in [-0.3, -0.25) is 4.79 Å². The van der Waals surface area contributed by atoms with Gasteiger partial charge in [-0.2, -0.15) is 0 Å². The molecule has 0 radical (unpaired) electrons. The molecule has 1 aliphatic carbocycles. The average molecular weight is 252 g/mol. The molecule has 0 bridgehead atoms. The zero-order valence-corrected chi connectivity index (χ0v) is 11.5. The summed E-state index contributed by atoms with van der Waals surface area (Å²) in [7, 11) is 0. The van der Waals surface area contributed by atoms with Crippen molar-refractivity contribution in [2.45, 2.75) is 39.0 Å². The van der Waals surface area contributed by atoms with E-state index in [-0.39, 0.29) is 5.41 Å². The summed E-state index contributed by atoms with van der Waals surface area (Å²) >= 11 is 0. The minimum Gasteiger partial charge on any atom is -0.294 e. The van der Waals surface area contributed by atoms with E-state index in [4.69, 9.17) is 0 Å². The van der Waals surface area contributed by atoms with Gasteiger partial charge in [-0.1, -0.05) is 62.6 Å². The molecule has 0 heterocycles. The molecule has 3 rings (SSSR count). The number of Topliss-reactive ketones (excluding diaryl/α,β-unsaturated/α-hetero) is 1. The maximum absolute atomic E-state index is 12.8. The van der Waals surface area contributed by atoms with Gasteiger partial charge in [0.25, 0.3) is 0 Å². The van der Waals surface area contributed by atoms with Gasteiger partial charge in [0.05, 0.1) is 0 Å². The first-order valence-corrected chi connectivity index (χ1v) is 7.23. The number of benzene rings is 2. The Kier molecular flexibility index (Phi) is 3.14. The topological polar surface area (TPSA) is 17.1 Å². The van der Waals surface area contributed by atoms with E-state index in [2.05, 4.69) is 31.2 Å². The summed E-state index contributed by atoms with van der Waals surface area (Å²) < 4.78 is 0. The summed E-state index contributed by atoms with van der Waals surface area (Å²) in [6.07, 6.45) is 5.74. The van der Waals surface area contributed by atoms with E-state index >= 15 is 0 Å². The lowest BCUT2D eigenvalue weighted by molar-refractivity contribution is 0.0749. The van der Waals surface area contributed by atoms with Gasteiger partial charge >= 0.3 is 0 Å². The summed E-state index contributed by atoms with van der Waals surface area (Å²) in [5.74, 6) is 0.331. The van der Waals surface area contributed by atoms with Crippen molar-refractivity contribution in [3.05, 3.63) is 48.0 Å². The predicted octanol–water partition coefficient (Wildman–Crippen LogP) is 4.99. The van der Waals surface area contributed by atoms with Crippen LogP contribution in [0.3, 0.4) is 0 Å². The van der Waals surface area contributed by atoms with Gasteiger partial charge in [-0.15, -0.1) is 0 Å². The molecule has 1 heteroatoms. The Hall–Kier alpha value is -1.63. The molecule has 98 valence electrons. The van der Waals surface area contributed by atoms with Crippen LogP contribution in [0.4, 0.5) is 0 Å². The summed E-state index contributed by atoms with van der Waals surface area (Å²) in [6, 6.07) is 14.3. The third-order valence-corrected chi connectivity index (χ3v) is 4.52. The molecule has 0 spiro atoms. The minimum absolute atomic E-state index is 0.138. The van der Waals surface area contributed by atoms with Crippen LogP contribution in [0.1, 0.15) is 49.4 Å². The highest BCUT2D eigenvalue weighted by atomic mass is 16.1. The van der Waals surface area contributed by atoms with Crippen LogP contribution in [0.25, 0.3) is 10.8 Å². The van der Waals surface area contributed by atoms with Crippen LogP contribution in [0.5, 0.6) is 0 Å². The van der Waals surface area contributed by atoms with E-state index in [1.165, 1.54) is 24.6 Å². The molecule has 0 N–H and O–H groups in total. The van der Waals surface area contributed by atoms with Crippen LogP contribution in [-0.2, 0) is 0 Å². The fourth-order valence-electron chi connectivity index (χ4n) is 3.24. The van der Waals surface area contributed by atoms with E-state index < -0.39 is 0 Å². The number of hydrogen-bond donors (Lipinski definition) is 0. The van der Waals surface area contributed by atoms with E-state index in [9.17, 15) is 4.79 Å². The first-order valence-electron chi connectivity index (χ1n) is 7.23. The summed E-state index contributed by atoms with van der Waals surface area (Å²) in [4.78, 5) is 12.8. The molecule has 0 aromatic heterocycles. The van der Waals surface area contributed by atoms with Gasteiger partial charge in [0.2, 0.25) is 0 Å². The van der Waals surface area contributed by atoms with Gasteiger partial charge in [0.1, 0.15) is 0 Å². The van der Waals surface area contributed by atoms with Gasteiger partial charge in [0.15, 0.2) is 5.78 Å². The third-order valence-electron chi connectivity index (χ3n) is 4.52. The van der Waals surface area contributed by atoms with Crippen molar-refractivity contribution in [3.63, 3.8) is 0 Å². The molecule has 1 saturated carbocycles. The molecule has 0 aliphatic heterocycles. The lowest BCUT2D eigenvalue weighted by Crippen LogP contribution is -2.30. The molecule has 1 aliphatic rings. The molecular weight excluding hydrogens is 232 g/mol. The molecule has 0 saturated heterocycles. The molecule has 1 fully saturated rings. The fraction of sp³-hybridized carbons (Fsp3) is 0.389. The number of carbonyl (C=O) groups excluding carboxylic acids is 1. The second-order valence-corrected chi connectivity index (χ2v) is 6.01. The smallest absolute Gasteiger partial charge is 0.168 e. The van der Waals surface area contributed by atoms with Crippen molar-refractivity contribution in [1.82, 2.24) is 0 Å². The van der Waals surface area contributed by atoms with Crippen molar-refractivity contribution < 1.29 is 4.79 Å². The van der Waals surface area contributed by atoms with Gasteiger partial charge in [0, 0.05) is 11.0 Å². The van der Waals surface area contributed by atoms with Crippen LogP contribution < -0.4 is 0 Å². The number of fused-ring (bicyclic) bond motifs is 1. The monoisotopic (exact) mass is 252 g/mol. The summed E-state index contributed by atoms with van der Waals surface area (Å²) in [5, 5.41) is 2.36. The maximum atomic E-state index is 12.8. The minimum atomic E-state index is -0.138. The Balaban J connectivity index is 1.97. The highest BCUT2D eigenvalue weighted by molar-refractivity contribution is 6.03. The molecule has 0 unspecified atom stereocenters. The van der Waals surface area contributed by atoms with E-state index in [0.717, 1.165) is 23.8 Å². The predicted molar refractivity (Wildman–Crippen MR) is 79.5 cm³/mol. The van der Waals surface area contributed by atoms with Crippen molar-refractivity contribution >= 4 is 16.6 Å². The van der Waals surface area contributed by atoms with Crippen LogP contribution in [0.15, 0.2) is 42.5 Å². The molecule has 1 nitrogen and oxygen atoms in total. The lowest BCUT2D eigenvalue weighted by atomic mass is 9.71. The fourth-order valence-corrected chi connectivity index (χ4v) is 3.24. The largest absolute Gasteiger partial charge is 0.294 e. The van der Waals surface area contributed by atoms with Crippen molar-refractivity contribution in [1.29, 1.82) is 0 Å². The molecular formula is C18H20O. The molecule has 0 atom stereocenters. The van der Waals surface area contributed by atoms with Crippen LogP contribution >= 0.6 is 0 Å². The van der Waals surface area contributed by atoms with Crippen LogP contribution in [0, 0.1) is 5.41 Å². The third kappa shape index (κ3) is 2.30. The van der Waals surface area contributed by atoms with Crippen LogP contribution in [-0.4, -0.2) is 5.78 Å². The lowest BCUT2D eigenvalue weighted by Gasteiger charge is -2.32.